The summed E-state index contributed by atoms with van der Waals surface area (Å²) in [5.74, 6) is -1.25. The lowest BCUT2D eigenvalue weighted by Crippen LogP contribution is -2.16. The summed E-state index contributed by atoms with van der Waals surface area (Å²) in [5, 5.41) is 0. The zero-order valence-corrected chi connectivity index (χ0v) is 10.1. The number of carbonyl (C=O) groups excluding carboxylic acids is 2. The molecular weight excluding hydrogens is 244 g/mol. The molecule has 1 aromatic carbocycles. The van der Waals surface area contributed by atoms with Gasteiger partial charge in [-0.05, 0) is 5.56 Å². The van der Waals surface area contributed by atoms with Gasteiger partial charge in [-0.3, -0.25) is 9.59 Å². The highest BCUT2D eigenvalue weighted by Gasteiger charge is 2.20. The Morgan fingerprint density at radius 3 is 2.41 bits per heavy atom. The number of rotatable bonds is 5. The van der Waals surface area contributed by atoms with E-state index < -0.39 is 18.0 Å². The molecule has 0 spiro atoms. The molecule has 0 bridgehead atoms. The van der Waals surface area contributed by atoms with Crippen LogP contribution >= 0.6 is 11.6 Å². The van der Waals surface area contributed by atoms with Crippen LogP contribution in [0.15, 0.2) is 30.3 Å². The van der Waals surface area contributed by atoms with E-state index in [2.05, 4.69) is 4.74 Å². The molecule has 0 amide bonds. The fraction of sp³-hybridized carbons (Fsp3) is 0.333. The van der Waals surface area contributed by atoms with Gasteiger partial charge in [-0.25, -0.2) is 0 Å². The second-order valence-electron chi connectivity index (χ2n) is 3.30. The van der Waals surface area contributed by atoms with E-state index in [9.17, 15) is 9.59 Å². The van der Waals surface area contributed by atoms with Gasteiger partial charge in [0.2, 0.25) is 0 Å². The van der Waals surface area contributed by atoms with E-state index in [1.807, 2.05) is 6.07 Å². The second kappa shape index (κ2) is 6.91. The molecule has 92 valence electrons. The van der Waals surface area contributed by atoms with Crippen LogP contribution in [0.4, 0.5) is 0 Å². The first-order valence-electron chi connectivity index (χ1n) is 5.04. The van der Waals surface area contributed by atoms with Crippen LogP contribution < -0.4 is 0 Å². The highest BCUT2D eigenvalue weighted by Crippen LogP contribution is 2.21. The molecule has 0 heterocycles. The van der Waals surface area contributed by atoms with Crippen molar-refractivity contribution in [3.63, 3.8) is 0 Å². The molecule has 1 aromatic rings. The van der Waals surface area contributed by atoms with Crippen molar-refractivity contribution in [2.45, 2.75) is 12.5 Å². The monoisotopic (exact) mass is 256 g/mol. The summed E-state index contributed by atoms with van der Waals surface area (Å²) in [6.45, 7) is 0. The van der Waals surface area contributed by atoms with Crippen LogP contribution in [0.25, 0.3) is 0 Å². The van der Waals surface area contributed by atoms with Crippen molar-refractivity contribution in [3.8, 4) is 0 Å². The molecule has 0 aliphatic rings. The van der Waals surface area contributed by atoms with Crippen LogP contribution in [-0.4, -0.2) is 24.9 Å². The zero-order chi connectivity index (χ0) is 12.7. The number of hydrogen-bond acceptors (Lipinski definition) is 4. The van der Waals surface area contributed by atoms with Gasteiger partial charge in [-0.2, -0.15) is 0 Å². The van der Waals surface area contributed by atoms with E-state index in [1.54, 1.807) is 24.3 Å². The highest BCUT2D eigenvalue weighted by atomic mass is 35.5. The number of alkyl halides is 1. The van der Waals surface area contributed by atoms with Gasteiger partial charge in [-0.1, -0.05) is 30.3 Å². The van der Waals surface area contributed by atoms with Gasteiger partial charge in [0.05, 0.1) is 13.5 Å². The Hall–Kier alpha value is -1.55. The molecule has 1 atom stereocenters. The fourth-order valence-corrected chi connectivity index (χ4v) is 1.38. The minimum absolute atomic E-state index is 0.0247. The number of methoxy groups -OCH3 is 1. The minimum atomic E-state index is -0.658. The lowest BCUT2D eigenvalue weighted by atomic mass is 10.1. The van der Waals surface area contributed by atoms with Gasteiger partial charge in [0.1, 0.15) is 12.0 Å². The Morgan fingerprint density at radius 2 is 1.88 bits per heavy atom. The summed E-state index contributed by atoms with van der Waals surface area (Å²) in [7, 11) is 1.29. The number of halogens is 1. The first-order chi connectivity index (χ1) is 8.17. The Kier molecular flexibility index (Phi) is 5.49. The predicted molar refractivity (Wildman–Crippen MR) is 62.6 cm³/mol. The number of benzene rings is 1. The van der Waals surface area contributed by atoms with E-state index in [-0.39, 0.29) is 12.3 Å². The summed E-state index contributed by atoms with van der Waals surface area (Å²) < 4.78 is 9.64. The standard InChI is InChI=1S/C12H13ClO4/c1-16-11(14)7-10(17-12(15)8-13)9-5-3-2-4-6-9/h2-6,10H,7-8H2,1H3. The maximum atomic E-state index is 11.2. The molecule has 0 N–H and O–H groups in total. The normalized spacial score (nSPS) is 11.6. The number of carbonyl (C=O) groups is 2. The van der Waals surface area contributed by atoms with Crippen molar-refractivity contribution in [3.05, 3.63) is 35.9 Å². The van der Waals surface area contributed by atoms with Crippen molar-refractivity contribution in [2.24, 2.45) is 0 Å². The van der Waals surface area contributed by atoms with Gasteiger partial charge < -0.3 is 9.47 Å². The number of hydrogen-bond donors (Lipinski definition) is 0. The maximum absolute atomic E-state index is 11.2. The van der Waals surface area contributed by atoms with Crippen molar-refractivity contribution >= 4 is 23.5 Å². The SMILES string of the molecule is COC(=O)CC(OC(=O)CCl)c1ccccc1. The average Bonchev–Trinajstić information content (AvgIpc) is 2.38. The summed E-state index contributed by atoms with van der Waals surface area (Å²) in [6, 6.07) is 8.98. The van der Waals surface area contributed by atoms with Crippen molar-refractivity contribution in [1.29, 1.82) is 0 Å². The third-order valence-corrected chi connectivity index (χ3v) is 2.35. The molecular formula is C12H13ClO4. The van der Waals surface area contributed by atoms with Crippen molar-refractivity contribution in [1.82, 2.24) is 0 Å². The molecule has 0 aromatic heterocycles. The van der Waals surface area contributed by atoms with Gasteiger partial charge in [0.25, 0.3) is 0 Å². The van der Waals surface area contributed by atoms with E-state index in [0.29, 0.717) is 0 Å². The van der Waals surface area contributed by atoms with Crippen LogP contribution in [-0.2, 0) is 19.1 Å². The molecule has 17 heavy (non-hydrogen) atoms. The third-order valence-electron chi connectivity index (χ3n) is 2.13. The minimum Gasteiger partial charge on any atom is -0.469 e. The van der Waals surface area contributed by atoms with Gasteiger partial charge in [-0.15, -0.1) is 11.6 Å². The summed E-state index contributed by atoms with van der Waals surface area (Å²) in [6.07, 6.45) is -0.682. The largest absolute Gasteiger partial charge is 0.469 e. The zero-order valence-electron chi connectivity index (χ0n) is 9.39. The Morgan fingerprint density at radius 1 is 1.24 bits per heavy atom. The Balaban J connectivity index is 2.79. The van der Waals surface area contributed by atoms with Gasteiger partial charge in [0.15, 0.2) is 0 Å². The van der Waals surface area contributed by atoms with E-state index in [1.165, 1.54) is 7.11 Å². The van der Waals surface area contributed by atoms with Crippen LogP contribution in [0.3, 0.4) is 0 Å². The highest BCUT2D eigenvalue weighted by molar-refractivity contribution is 6.26. The molecule has 1 unspecified atom stereocenters. The summed E-state index contributed by atoms with van der Waals surface area (Å²) in [4.78, 5) is 22.4. The molecule has 0 aliphatic carbocycles. The van der Waals surface area contributed by atoms with Crippen molar-refractivity contribution in [2.75, 3.05) is 13.0 Å². The molecule has 0 saturated heterocycles. The summed E-state index contributed by atoms with van der Waals surface area (Å²) in [5.41, 5.74) is 0.733. The maximum Gasteiger partial charge on any atom is 0.321 e. The third kappa shape index (κ3) is 4.44. The Labute approximate surface area is 104 Å². The van der Waals surface area contributed by atoms with E-state index in [0.717, 1.165) is 5.56 Å². The number of ether oxygens (including phenoxy) is 2. The van der Waals surface area contributed by atoms with Crippen LogP contribution in [0.1, 0.15) is 18.1 Å². The lowest BCUT2D eigenvalue weighted by Gasteiger charge is -2.16. The molecule has 0 radical (unpaired) electrons. The second-order valence-corrected chi connectivity index (χ2v) is 3.57. The van der Waals surface area contributed by atoms with Crippen LogP contribution in [0, 0.1) is 0 Å². The molecule has 0 aliphatic heterocycles. The molecule has 1 rings (SSSR count). The lowest BCUT2D eigenvalue weighted by molar-refractivity contribution is -0.152. The van der Waals surface area contributed by atoms with E-state index >= 15 is 0 Å². The molecule has 5 heteroatoms. The quantitative estimate of drug-likeness (QED) is 0.598. The predicted octanol–water partition coefficient (Wildman–Crippen LogP) is 2.07. The topological polar surface area (TPSA) is 52.6 Å². The smallest absolute Gasteiger partial charge is 0.321 e. The first-order valence-corrected chi connectivity index (χ1v) is 5.58. The number of esters is 2. The van der Waals surface area contributed by atoms with Crippen molar-refractivity contribution < 1.29 is 19.1 Å². The molecule has 4 nitrogen and oxygen atoms in total. The fourth-order valence-electron chi connectivity index (χ4n) is 1.32. The van der Waals surface area contributed by atoms with E-state index in [4.69, 9.17) is 16.3 Å². The van der Waals surface area contributed by atoms with Crippen LogP contribution in [0.5, 0.6) is 0 Å². The first kappa shape index (κ1) is 13.5. The molecule has 0 saturated carbocycles. The summed E-state index contributed by atoms with van der Waals surface area (Å²) >= 11 is 5.36. The van der Waals surface area contributed by atoms with Gasteiger partial charge >= 0.3 is 11.9 Å². The van der Waals surface area contributed by atoms with Gasteiger partial charge in [0, 0.05) is 0 Å². The molecule has 0 fully saturated rings. The van der Waals surface area contributed by atoms with Crippen LogP contribution in [0.2, 0.25) is 0 Å². The Bertz CT molecular complexity index is 359. The average molecular weight is 257 g/mol.